The molecule has 0 spiro atoms. The molecule has 0 aliphatic heterocycles. The first kappa shape index (κ1) is 17.1. The van der Waals surface area contributed by atoms with Gasteiger partial charge in [0.25, 0.3) is 0 Å². The highest BCUT2D eigenvalue weighted by Crippen LogP contribution is 2.31. The fraction of sp³-hybridized carbons (Fsp3) is 0.474. The largest absolute Gasteiger partial charge is 0.325 e. The predicted molar refractivity (Wildman–Crippen MR) is 99.6 cm³/mol. The second kappa shape index (κ2) is 7.88. The van der Waals surface area contributed by atoms with E-state index in [1.807, 2.05) is 25.3 Å². The number of imidazole rings is 1. The van der Waals surface area contributed by atoms with Gasteiger partial charge in [-0.25, -0.2) is 4.98 Å². The molecule has 1 aliphatic rings. The number of nitrogens with zero attached hydrogens (tertiary/aromatic N) is 2. The van der Waals surface area contributed by atoms with Crippen LogP contribution in [0.5, 0.6) is 0 Å². The van der Waals surface area contributed by atoms with Crippen molar-refractivity contribution in [1.29, 1.82) is 0 Å². The number of amides is 1. The SMILES string of the molecule is Cc1ccc(NC(=O)CSc2nccn2C2CCCCC2)c(C)c1. The lowest BCUT2D eigenvalue weighted by atomic mass is 9.95. The minimum atomic E-state index is 0.0187. The lowest BCUT2D eigenvalue weighted by Gasteiger charge is -2.24. The van der Waals surface area contributed by atoms with Crippen LogP contribution in [0.25, 0.3) is 0 Å². The molecule has 1 N–H and O–H groups in total. The molecule has 0 radical (unpaired) electrons. The van der Waals surface area contributed by atoms with Gasteiger partial charge < -0.3 is 9.88 Å². The first-order valence-corrected chi connectivity index (χ1v) is 9.65. The molecule has 1 aromatic carbocycles. The number of thioether (sulfide) groups is 1. The monoisotopic (exact) mass is 343 g/mol. The molecule has 1 amide bonds. The molecule has 3 rings (SSSR count). The van der Waals surface area contributed by atoms with Gasteiger partial charge in [-0.3, -0.25) is 4.79 Å². The minimum absolute atomic E-state index is 0.0187. The summed E-state index contributed by atoms with van der Waals surface area (Å²) in [6.45, 7) is 4.07. The van der Waals surface area contributed by atoms with Crippen molar-refractivity contribution in [1.82, 2.24) is 9.55 Å². The van der Waals surface area contributed by atoms with Gasteiger partial charge in [0, 0.05) is 24.1 Å². The number of benzene rings is 1. The van der Waals surface area contributed by atoms with Crippen molar-refractivity contribution < 1.29 is 4.79 Å². The van der Waals surface area contributed by atoms with Gasteiger partial charge in [0.2, 0.25) is 5.91 Å². The maximum Gasteiger partial charge on any atom is 0.234 e. The molecule has 1 aliphatic carbocycles. The number of rotatable bonds is 5. The van der Waals surface area contributed by atoms with Crippen molar-refractivity contribution in [3.63, 3.8) is 0 Å². The average molecular weight is 343 g/mol. The van der Waals surface area contributed by atoms with Crippen LogP contribution in [0.1, 0.15) is 49.3 Å². The number of carbonyl (C=O) groups excluding carboxylic acids is 1. The highest BCUT2D eigenvalue weighted by atomic mass is 32.2. The van der Waals surface area contributed by atoms with E-state index < -0.39 is 0 Å². The average Bonchev–Trinajstić information content (AvgIpc) is 3.05. The predicted octanol–water partition coefficient (Wildman–Crippen LogP) is 4.74. The number of aryl methyl sites for hydroxylation is 2. The summed E-state index contributed by atoms with van der Waals surface area (Å²) in [6, 6.07) is 6.62. The third kappa shape index (κ3) is 4.20. The minimum Gasteiger partial charge on any atom is -0.325 e. The topological polar surface area (TPSA) is 46.9 Å². The Hall–Kier alpha value is -1.75. The van der Waals surface area contributed by atoms with Crippen LogP contribution in [0.2, 0.25) is 0 Å². The molecule has 128 valence electrons. The van der Waals surface area contributed by atoms with Crippen LogP contribution in [-0.4, -0.2) is 21.2 Å². The fourth-order valence-corrected chi connectivity index (χ4v) is 4.15. The lowest BCUT2D eigenvalue weighted by molar-refractivity contribution is -0.113. The summed E-state index contributed by atoms with van der Waals surface area (Å²) < 4.78 is 2.26. The zero-order valence-electron chi connectivity index (χ0n) is 14.4. The van der Waals surface area contributed by atoms with Crippen molar-refractivity contribution in [2.45, 2.75) is 57.1 Å². The molecular weight excluding hydrogens is 318 g/mol. The zero-order chi connectivity index (χ0) is 16.9. The number of anilines is 1. The van der Waals surface area contributed by atoms with Crippen molar-refractivity contribution >= 4 is 23.4 Å². The molecule has 0 bridgehead atoms. The number of aromatic nitrogens is 2. The normalized spacial score (nSPS) is 15.4. The summed E-state index contributed by atoms with van der Waals surface area (Å²) in [6.07, 6.45) is 10.3. The van der Waals surface area contributed by atoms with Crippen molar-refractivity contribution in [3.05, 3.63) is 41.7 Å². The molecule has 1 fully saturated rings. The first-order valence-electron chi connectivity index (χ1n) is 8.66. The van der Waals surface area contributed by atoms with Gasteiger partial charge in [-0.1, -0.05) is 48.7 Å². The van der Waals surface area contributed by atoms with E-state index in [1.165, 1.54) is 49.4 Å². The molecule has 2 aromatic rings. The van der Waals surface area contributed by atoms with Crippen molar-refractivity contribution in [2.24, 2.45) is 0 Å². The lowest BCUT2D eigenvalue weighted by Crippen LogP contribution is -2.17. The summed E-state index contributed by atoms with van der Waals surface area (Å²) >= 11 is 1.52. The Morgan fingerprint density at radius 1 is 1.29 bits per heavy atom. The van der Waals surface area contributed by atoms with Gasteiger partial charge in [0.05, 0.1) is 5.75 Å². The van der Waals surface area contributed by atoms with Crippen LogP contribution >= 0.6 is 11.8 Å². The molecule has 4 nitrogen and oxygen atoms in total. The third-order valence-electron chi connectivity index (χ3n) is 4.59. The summed E-state index contributed by atoms with van der Waals surface area (Å²) in [5, 5.41) is 3.96. The molecule has 0 unspecified atom stereocenters. The van der Waals surface area contributed by atoms with Gasteiger partial charge in [-0.15, -0.1) is 0 Å². The quantitative estimate of drug-likeness (QED) is 0.798. The molecule has 0 atom stereocenters. The van der Waals surface area contributed by atoms with Crippen LogP contribution < -0.4 is 5.32 Å². The number of carbonyl (C=O) groups is 1. The zero-order valence-corrected chi connectivity index (χ0v) is 15.2. The van der Waals surface area contributed by atoms with E-state index in [4.69, 9.17) is 0 Å². The van der Waals surface area contributed by atoms with E-state index in [-0.39, 0.29) is 5.91 Å². The van der Waals surface area contributed by atoms with Crippen molar-refractivity contribution in [2.75, 3.05) is 11.1 Å². The van der Waals surface area contributed by atoms with E-state index in [0.717, 1.165) is 16.4 Å². The van der Waals surface area contributed by atoms with Crippen molar-refractivity contribution in [3.8, 4) is 0 Å². The standard InChI is InChI=1S/C19H25N3OS/c1-14-8-9-17(15(2)12-14)21-18(23)13-24-19-20-10-11-22(19)16-6-4-3-5-7-16/h8-12,16H,3-7,13H2,1-2H3,(H,21,23). The van der Waals surface area contributed by atoms with Crippen LogP contribution in [-0.2, 0) is 4.79 Å². The van der Waals surface area contributed by atoms with Gasteiger partial charge in [-0.2, -0.15) is 0 Å². The second-order valence-electron chi connectivity index (χ2n) is 6.56. The van der Waals surface area contributed by atoms with Crippen LogP contribution in [0.15, 0.2) is 35.7 Å². The van der Waals surface area contributed by atoms with Gasteiger partial charge in [-0.05, 0) is 38.3 Å². The highest BCUT2D eigenvalue weighted by molar-refractivity contribution is 7.99. The third-order valence-corrected chi connectivity index (χ3v) is 5.57. The summed E-state index contributed by atoms with van der Waals surface area (Å²) in [5.74, 6) is 0.405. The molecule has 1 heterocycles. The Bertz CT molecular complexity index is 704. The number of hydrogen-bond acceptors (Lipinski definition) is 3. The van der Waals surface area contributed by atoms with Gasteiger partial charge >= 0.3 is 0 Å². The highest BCUT2D eigenvalue weighted by Gasteiger charge is 2.18. The molecule has 1 aromatic heterocycles. The Morgan fingerprint density at radius 2 is 2.08 bits per heavy atom. The number of hydrogen-bond donors (Lipinski definition) is 1. The van der Waals surface area contributed by atoms with E-state index >= 15 is 0 Å². The molecular formula is C19H25N3OS. The van der Waals surface area contributed by atoms with E-state index in [2.05, 4.69) is 34.1 Å². The van der Waals surface area contributed by atoms with Crippen LogP contribution in [0.3, 0.4) is 0 Å². The first-order chi connectivity index (χ1) is 11.6. The molecule has 5 heteroatoms. The smallest absolute Gasteiger partial charge is 0.234 e. The Morgan fingerprint density at radius 3 is 2.83 bits per heavy atom. The number of nitrogens with one attached hydrogen (secondary N) is 1. The van der Waals surface area contributed by atoms with Crippen LogP contribution in [0, 0.1) is 13.8 Å². The summed E-state index contributed by atoms with van der Waals surface area (Å²) in [7, 11) is 0. The van der Waals surface area contributed by atoms with Gasteiger partial charge in [0.15, 0.2) is 5.16 Å². The fourth-order valence-electron chi connectivity index (χ4n) is 3.32. The maximum absolute atomic E-state index is 12.3. The summed E-state index contributed by atoms with van der Waals surface area (Å²) in [4.78, 5) is 16.7. The maximum atomic E-state index is 12.3. The molecule has 1 saturated carbocycles. The molecule has 0 saturated heterocycles. The van der Waals surface area contributed by atoms with E-state index in [9.17, 15) is 4.79 Å². The summed E-state index contributed by atoms with van der Waals surface area (Å²) in [5.41, 5.74) is 3.19. The molecule has 24 heavy (non-hydrogen) atoms. The second-order valence-corrected chi connectivity index (χ2v) is 7.51. The Labute approximate surface area is 148 Å². The Balaban J connectivity index is 1.57. The van der Waals surface area contributed by atoms with E-state index in [0.29, 0.717) is 11.8 Å². The van der Waals surface area contributed by atoms with Crippen LogP contribution in [0.4, 0.5) is 5.69 Å². The van der Waals surface area contributed by atoms with Gasteiger partial charge in [0.1, 0.15) is 0 Å². The van der Waals surface area contributed by atoms with E-state index in [1.54, 1.807) is 0 Å². The Kier molecular flexibility index (Phi) is 5.61.